The number of rotatable bonds is 5. The topological polar surface area (TPSA) is 56.1 Å². The zero-order valence-corrected chi connectivity index (χ0v) is 16.6. The lowest BCUT2D eigenvalue weighted by molar-refractivity contribution is -0.115. The molecule has 27 heavy (non-hydrogen) atoms. The zero-order chi connectivity index (χ0) is 20.4. The first-order valence-corrected chi connectivity index (χ1v) is 8.81. The lowest BCUT2D eigenvalue weighted by atomic mass is 9.92. The second-order valence-corrected chi connectivity index (χ2v) is 8.49. The first kappa shape index (κ1) is 20.9. The summed E-state index contributed by atoms with van der Waals surface area (Å²) in [6.07, 6.45) is 0.120. The van der Waals surface area contributed by atoms with Gasteiger partial charge < -0.3 is 10.1 Å². The Kier molecular flexibility index (Phi) is 5.92. The largest absolute Gasteiger partial charge is 0.435 e. The second kappa shape index (κ2) is 7.66. The monoisotopic (exact) mass is 379 g/mol. The zero-order valence-electron chi connectivity index (χ0n) is 16.6. The standard InChI is InChI=1S/C20H27F2N3O2/c1-19(2,3)15-12-16(25(24-15)20(4,5)6)23-17(26)11-13-7-9-14(10-8-13)27-18(21)22/h7-10,12,18H,11H2,1-6H3,(H,23,26). The summed E-state index contributed by atoms with van der Waals surface area (Å²) in [4.78, 5) is 12.5. The highest BCUT2D eigenvalue weighted by Gasteiger charge is 2.25. The molecule has 0 saturated carbocycles. The molecule has 1 heterocycles. The smallest absolute Gasteiger partial charge is 0.387 e. The molecule has 0 bridgehead atoms. The third-order valence-electron chi connectivity index (χ3n) is 3.89. The van der Waals surface area contributed by atoms with Crippen LogP contribution in [0.1, 0.15) is 52.8 Å². The van der Waals surface area contributed by atoms with Gasteiger partial charge in [0.25, 0.3) is 0 Å². The molecule has 0 fully saturated rings. The predicted molar refractivity (Wildman–Crippen MR) is 101 cm³/mol. The van der Waals surface area contributed by atoms with Gasteiger partial charge in [-0.1, -0.05) is 32.9 Å². The lowest BCUT2D eigenvalue weighted by Crippen LogP contribution is -2.27. The highest BCUT2D eigenvalue weighted by molar-refractivity contribution is 5.91. The van der Waals surface area contributed by atoms with Crippen LogP contribution in [0, 0.1) is 0 Å². The molecule has 0 spiro atoms. The fraction of sp³-hybridized carbons (Fsp3) is 0.500. The number of hydrogen-bond donors (Lipinski definition) is 1. The number of nitrogens with one attached hydrogen (secondary N) is 1. The maximum atomic E-state index is 12.5. The van der Waals surface area contributed by atoms with E-state index >= 15 is 0 Å². The van der Waals surface area contributed by atoms with Gasteiger partial charge in [0.1, 0.15) is 11.6 Å². The molecule has 1 aromatic heterocycles. The van der Waals surface area contributed by atoms with Crippen LogP contribution in [0.5, 0.6) is 5.75 Å². The van der Waals surface area contributed by atoms with Crippen LogP contribution >= 0.6 is 0 Å². The maximum Gasteiger partial charge on any atom is 0.387 e. The number of carbonyl (C=O) groups excluding carboxylic acids is 1. The summed E-state index contributed by atoms with van der Waals surface area (Å²) >= 11 is 0. The molecule has 0 aliphatic rings. The molecule has 7 heteroatoms. The van der Waals surface area contributed by atoms with E-state index in [9.17, 15) is 13.6 Å². The van der Waals surface area contributed by atoms with Crippen LogP contribution in [-0.4, -0.2) is 22.3 Å². The van der Waals surface area contributed by atoms with Gasteiger partial charge in [-0.3, -0.25) is 4.79 Å². The molecule has 0 atom stereocenters. The molecule has 1 N–H and O–H groups in total. The molecular formula is C20H27F2N3O2. The Labute approximate surface area is 158 Å². The average molecular weight is 379 g/mol. The van der Waals surface area contributed by atoms with Crippen molar-refractivity contribution < 1.29 is 18.3 Å². The molecular weight excluding hydrogens is 352 g/mol. The minimum Gasteiger partial charge on any atom is -0.435 e. The van der Waals surface area contributed by atoms with Gasteiger partial charge in [0.15, 0.2) is 0 Å². The van der Waals surface area contributed by atoms with Crippen LogP contribution in [0.2, 0.25) is 0 Å². The number of benzene rings is 1. The Morgan fingerprint density at radius 3 is 2.22 bits per heavy atom. The number of hydrogen-bond acceptors (Lipinski definition) is 3. The third kappa shape index (κ3) is 5.77. The number of halogens is 2. The molecule has 2 rings (SSSR count). The highest BCUT2D eigenvalue weighted by atomic mass is 19.3. The third-order valence-corrected chi connectivity index (χ3v) is 3.89. The van der Waals surface area contributed by atoms with Gasteiger partial charge in [0.05, 0.1) is 17.7 Å². The van der Waals surface area contributed by atoms with Gasteiger partial charge in [-0.25, -0.2) is 4.68 Å². The van der Waals surface area contributed by atoms with Crippen LogP contribution in [0.15, 0.2) is 30.3 Å². The summed E-state index contributed by atoms with van der Waals surface area (Å²) in [5.41, 5.74) is 1.16. The molecule has 0 aliphatic carbocycles. The molecule has 2 aromatic rings. The van der Waals surface area contributed by atoms with Crippen molar-refractivity contribution in [3.63, 3.8) is 0 Å². The number of amides is 1. The Morgan fingerprint density at radius 2 is 1.74 bits per heavy atom. The number of alkyl halides is 2. The number of nitrogens with zero attached hydrogens (tertiary/aromatic N) is 2. The summed E-state index contributed by atoms with van der Waals surface area (Å²) in [7, 11) is 0. The summed E-state index contributed by atoms with van der Waals surface area (Å²) in [5, 5.41) is 7.58. The number of carbonyl (C=O) groups is 1. The van der Waals surface area contributed by atoms with Crippen molar-refractivity contribution in [2.24, 2.45) is 0 Å². The van der Waals surface area contributed by atoms with Crippen LogP contribution in [0.3, 0.4) is 0 Å². The molecule has 0 unspecified atom stereocenters. The van der Waals surface area contributed by atoms with Gasteiger partial charge in [0, 0.05) is 11.5 Å². The highest BCUT2D eigenvalue weighted by Crippen LogP contribution is 2.28. The molecule has 1 amide bonds. The maximum absolute atomic E-state index is 12.5. The van der Waals surface area contributed by atoms with E-state index in [2.05, 4.69) is 35.9 Å². The second-order valence-electron chi connectivity index (χ2n) is 8.49. The molecule has 148 valence electrons. The van der Waals surface area contributed by atoms with Crippen LogP contribution in [0.4, 0.5) is 14.6 Å². The van der Waals surface area contributed by atoms with E-state index in [0.717, 1.165) is 5.69 Å². The Bertz CT molecular complexity index is 785. The van der Waals surface area contributed by atoms with Gasteiger partial charge in [-0.15, -0.1) is 0 Å². The minimum absolute atomic E-state index is 0.0646. The van der Waals surface area contributed by atoms with E-state index < -0.39 is 6.61 Å². The summed E-state index contributed by atoms with van der Waals surface area (Å²) in [6, 6.07) is 7.93. The van der Waals surface area contributed by atoms with E-state index in [1.165, 1.54) is 12.1 Å². The number of anilines is 1. The van der Waals surface area contributed by atoms with Crippen LogP contribution < -0.4 is 10.1 Å². The quantitative estimate of drug-likeness (QED) is 0.818. The van der Waals surface area contributed by atoms with E-state index in [1.54, 1.807) is 12.1 Å². The van der Waals surface area contributed by atoms with Crippen molar-refractivity contribution in [1.82, 2.24) is 9.78 Å². The molecule has 0 saturated heterocycles. The first-order chi connectivity index (χ1) is 12.4. The van der Waals surface area contributed by atoms with Crippen molar-refractivity contribution in [1.29, 1.82) is 0 Å². The van der Waals surface area contributed by atoms with Crippen molar-refractivity contribution in [2.45, 2.75) is 65.5 Å². The Hall–Kier alpha value is -2.44. The van der Waals surface area contributed by atoms with Crippen LogP contribution in [0.25, 0.3) is 0 Å². The van der Waals surface area contributed by atoms with Crippen LogP contribution in [-0.2, 0) is 22.2 Å². The van der Waals surface area contributed by atoms with Gasteiger partial charge in [-0.05, 0) is 38.5 Å². The van der Waals surface area contributed by atoms with E-state index in [4.69, 9.17) is 0 Å². The van der Waals surface area contributed by atoms with Crippen molar-refractivity contribution in [2.75, 3.05) is 5.32 Å². The SMILES string of the molecule is CC(C)(C)c1cc(NC(=O)Cc2ccc(OC(F)F)cc2)n(C(C)(C)C)n1. The fourth-order valence-corrected chi connectivity index (χ4v) is 2.51. The molecule has 0 radical (unpaired) electrons. The van der Waals surface area contributed by atoms with Crippen molar-refractivity contribution in [3.05, 3.63) is 41.6 Å². The predicted octanol–water partition coefficient (Wildman–Crippen LogP) is 4.72. The van der Waals surface area contributed by atoms with E-state index in [1.807, 2.05) is 31.5 Å². The van der Waals surface area contributed by atoms with Gasteiger partial charge >= 0.3 is 6.61 Å². The van der Waals surface area contributed by atoms with Crippen molar-refractivity contribution in [3.8, 4) is 5.75 Å². The fourth-order valence-electron chi connectivity index (χ4n) is 2.51. The molecule has 1 aromatic carbocycles. The van der Waals surface area contributed by atoms with Crippen molar-refractivity contribution >= 4 is 11.7 Å². The Balaban J connectivity index is 2.14. The van der Waals surface area contributed by atoms with Gasteiger partial charge in [0.2, 0.25) is 5.91 Å². The normalized spacial score (nSPS) is 12.3. The summed E-state index contributed by atoms with van der Waals surface area (Å²) in [5.74, 6) is 0.494. The Morgan fingerprint density at radius 1 is 1.15 bits per heavy atom. The summed E-state index contributed by atoms with van der Waals surface area (Å²) in [6.45, 7) is 9.39. The minimum atomic E-state index is -2.87. The number of ether oxygens (including phenoxy) is 1. The van der Waals surface area contributed by atoms with E-state index in [0.29, 0.717) is 11.4 Å². The number of aromatic nitrogens is 2. The van der Waals surface area contributed by atoms with E-state index in [-0.39, 0.29) is 29.0 Å². The van der Waals surface area contributed by atoms with Gasteiger partial charge in [-0.2, -0.15) is 13.9 Å². The molecule has 5 nitrogen and oxygen atoms in total. The molecule has 0 aliphatic heterocycles. The lowest BCUT2D eigenvalue weighted by Gasteiger charge is -2.23. The first-order valence-electron chi connectivity index (χ1n) is 8.81. The summed E-state index contributed by atoms with van der Waals surface area (Å²) < 4.78 is 30.5. The average Bonchev–Trinajstić information content (AvgIpc) is 2.92.